The number of hydrogen-bond donors (Lipinski definition) is 1. The fraction of sp³-hybridized carbons (Fsp3) is 0.375. The van der Waals surface area contributed by atoms with E-state index in [0.717, 1.165) is 28.3 Å². The van der Waals surface area contributed by atoms with Crippen LogP contribution in [0.2, 0.25) is 5.02 Å². The van der Waals surface area contributed by atoms with Gasteiger partial charge in [0.05, 0.1) is 30.8 Å². The standard InChI is InChI=1S/C24H26ClN5O2/c1-15-11-24(12-20(26-15)21-14-29(2)28-27-21)19-10-17(25)6-9-22(19)30(23(24)31)13-16-4-7-18(32-3)8-5-16/h4-10,14-15,20,26H,11-13H2,1-3H3/t15-,20-,24-/m0/s1. The molecular weight excluding hydrogens is 426 g/mol. The van der Waals surface area contributed by atoms with Crippen LogP contribution in [0, 0.1) is 0 Å². The number of hydrogen-bond acceptors (Lipinski definition) is 5. The highest BCUT2D eigenvalue weighted by Crippen LogP contribution is 2.52. The minimum atomic E-state index is -0.653. The Morgan fingerprint density at radius 1 is 1.22 bits per heavy atom. The van der Waals surface area contributed by atoms with Crippen molar-refractivity contribution >= 4 is 23.2 Å². The molecule has 1 spiro atoms. The van der Waals surface area contributed by atoms with Crippen molar-refractivity contribution in [3.05, 3.63) is 70.5 Å². The third-order valence-electron chi connectivity index (χ3n) is 6.59. The summed E-state index contributed by atoms with van der Waals surface area (Å²) < 4.78 is 6.97. The Labute approximate surface area is 192 Å². The third kappa shape index (κ3) is 3.45. The fourth-order valence-corrected chi connectivity index (χ4v) is 5.38. The van der Waals surface area contributed by atoms with Crippen LogP contribution in [-0.4, -0.2) is 34.1 Å². The molecule has 3 atom stereocenters. The SMILES string of the molecule is COc1ccc(CN2C(=O)[C@@]3(C[C@@H](c4cn(C)nn4)N[C@@H](C)C3)c3cc(Cl)ccc32)cc1. The molecule has 5 rings (SSSR count). The van der Waals surface area contributed by atoms with Gasteiger partial charge in [0, 0.05) is 30.0 Å². The highest BCUT2D eigenvalue weighted by molar-refractivity contribution is 6.31. The molecule has 0 saturated carbocycles. The maximum Gasteiger partial charge on any atom is 0.238 e. The first-order valence-electron chi connectivity index (χ1n) is 10.8. The van der Waals surface area contributed by atoms with Gasteiger partial charge in [-0.3, -0.25) is 9.48 Å². The molecule has 1 amide bonds. The number of rotatable bonds is 4. The lowest BCUT2D eigenvalue weighted by Crippen LogP contribution is -2.51. The molecule has 1 saturated heterocycles. The van der Waals surface area contributed by atoms with Gasteiger partial charge in [0.25, 0.3) is 0 Å². The molecule has 0 aliphatic carbocycles. The molecule has 0 bridgehead atoms. The number of carbonyl (C=O) groups excluding carboxylic acids is 1. The number of halogens is 1. The van der Waals surface area contributed by atoms with E-state index in [4.69, 9.17) is 16.3 Å². The maximum absolute atomic E-state index is 14.1. The molecule has 2 aliphatic rings. The zero-order chi connectivity index (χ0) is 22.5. The van der Waals surface area contributed by atoms with Gasteiger partial charge in [-0.05, 0) is 61.2 Å². The number of nitrogens with one attached hydrogen (secondary N) is 1. The summed E-state index contributed by atoms with van der Waals surface area (Å²) in [6.07, 6.45) is 3.23. The van der Waals surface area contributed by atoms with Crippen LogP contribution in [0.15, 0.2) is 48.7 Å². The Hall–Kier alpha value is -2.90. The summed E-state index contributed by atoms with van der Waals surface area (Å²) in [6, 6.07) is 13.7. The molecule has 8 heteroatoms. The predicted octanol–water partition coefficient (Wildman–Crippen LogP) is 3.77. The second kappa shape index (κ2) is 7.90. The van der Waals surface area contributed by atoms with Crippen molar-refractivity contribution in [3.8, 4) is 5.75 Å². The number of piperidine rings is 1. The van der Waals surface area contributed by atoms with Gasteiger partial charge < -0.3 is 15.0 Å². The first-order valence-corrected chi connectivity index (χ1v) is 11.1. The van der Waals surface area contributed by atoms with E-state index in [2.05, 4.69) is 22.6 Å². The summed E-state index contributed by atoms with van der Waals surface area (Å²) in [5.74, 6) is 0.914. The summed E-state index contributed by atoms with van der Waals surface area (Å²) >= 11 is 6.42. The Morgan fingerprint density at radius 3 is 2.69 bits per heavy atom. The van der Waals surface area contributed by atoms with Crippen LogP contribution in [0.1, 0.15) is 42.6 Å². The summed E-state index contributed by atoms with van der Waals surface area (Å²) in [7, 11) is 3.50. The van der Waals surface area contributed by atoms with Gasteiger partial charge in [0.1, 0.15) is 5.75 Å². The van der Waals surface area contributed by atoms with Gasteiger partial charge >= 0.3 is 0 Å². The number of nitrogens with zero attached hydrogens (tertiary/aromatic N) is 4. The van der Waals surface area contributed by atoms with Crippen LogP contribution in [0.3, 0.4) is 0 Å². The second-order valence-electron chi connectivity index (χ2n) is 8.83. The lowest BCUT2D eigenvalue weighted by Gasteiger charge is -2.40. The molecule has 2 aliphatic heterocycles. The highest BCUT2D eigenvalue weighted by Gasteiger charge is 2.54. The van der Waals surface area contributed by atoms with E-state index < -0.39 is 5.41 Å². The van der Waals surface area contributed by atoms with Crippen molar-refractivity contribution in [1.29, 1.82) is 0 Å². The van der Waals surface area contributed by atoms with Gasteiger partial charge in [-0.15, -0.1) is 5.10 Å². The Kier molecular flexibility index (Phi) is 5.18. The Balaban J connectivity index is 1.55. The first-order chi connectivity index (χ1) is 15.4. The van der Waals surface area contributed by atoms with Crippen LogP contribution in [-0.2, 0) is 23.8 Å². The van der Waals surface area contributed by atoms with Gasteiger partial charge in [0.2, 0.25) is 5.91 Å². The summed E-state index contributed by atoms with van der Waals surface area (Å²) in [4.78, 5) is 16.0. The van der Waals surface area contributed by atoms with E-state index in [0.29, 0.717) is 24.4 Å². The van der Waals surface area contributed by atoms with Gasteiger partial charge in [-0.25, -0.2) is 0 Å². The van der Waals surface area contributed by atoms with Crippen LogP contribution in [0.4, 0.5) is 5.69 Å². The number of amides is 1. The average Bonchev–Trinajstić information content (AvgIpc) is 3.30. The highest BCUT2D eigenvalue weighted by atomic mass is 35.5. The minimum Gasteiger partial charge on any atom is -0.497 e. The van der Waals surface area contributed by atoms with E-state index in [9.17, 15) is 4.79 Å². The molecule has 3 heterocycles. The molecule has 32 heavy (non-hydrogen) atoms. The quantitative estimate of drug-likeness (QED) is 0.653. The summed E-state index contributed by atoms with van der Waals surface area (Å²) in [5, 5.41) is 12.7. The number of methoxy groups -OCH3 is 1. The fourth-order valence-electron chi connectivity index (χ4n) is 5.21. The van der Waals surface area contributed by atoms with Crippen LogP contribution >= 0.6 is 11.6 Å². The molecular formula is C24H26ClN5O2. The third-order valence-corrected chi connectivity index (χ3v) is 6.82. The van der Waals surface area contributed by atoms with Gasteiger partial charge in [-0.1, -0.05) is 28.9 Å². The second-order valence-corrected chi connectivity index (χ2v) is 9.27. The van der Waals surface area contributed by atoms with E-state index in [-0.39, 0.29) is 18.0 Å². The summed E-state index contributed by atoms with van der Waals surface area (Å²) in [5.41, 5.74) is 3.18. The van der Waals surface area contributed by atoms with Crippen LogP contribution in [0.5, 0.6) is 5.75 Å². The van der Waals surface area contributed by atoms with E-state index in [1.54, 1.807) is 11.8 Å². The van der Waals surface area contributed by atoms with Crippen molar-refractivity contribution in [2.24, 2.45) is 7.05 Å². The number of ether oxygens (including phenoxy) is 1. The average molecular weight is 452 g/mol. The number of aromatic nitrogens is 3. The molecule has 7 nitrogen and oxygen atoms in total. The first kappa shape index (κ1) is 21.0. The largest absolute Gasteiger partial charge is 0.497 e. The monoisotopic (exact) mass is 451 g/mol. The minimum absolute atomic E-state index is 0.0656. The molecule has 1 N–H and O–H groups in total. The molecule has 2 aromatic carbocycles. The number of benzene rings is 2. The van der Waals surface area contributed by atoms with E-state index in [1.165, 1.54) is 0 Å². The zero-order valence-corrected chi connectivity index (χ0v) is 19.1. The normalized spacial score (nSPS) is 24.8. The van der Waals surface area contributed by atoms with Crippen LogP contribution < -0.4 is 15.0 Å². The van der Waals surface area contributed by atoms with Crippen molar-refractivity contribution in [1.82, 2.24) is 20.3 Å². The van der Waals surface area contributed by atoms with E-state index in [1.807, 2.05) is 60.6 Å². The van der Waals surface area contributed by atoms with Gasteiger partial charge in [-0.2, -0.15) is 0 Å². The molecule has 0 unspecified atom stereocenters. The zero-order valence-electron chi connectivity index (χ0n) is 18.4. The molecule has 1 aromatic heterocycles. The topological polar surface area (TPSA) is 72.3 Å². The van der Waals surface area contributed by atoms with Gasteiger partial charge in [0.15, 0.2) is 0 Å². The predicted molar refractivity (Wildman–Crippen MR) is 123 cm³/mol. The lowest BCUT2D eigenvalue weighted by molar-refractivity contribution is -0.125. The summed E-state index contributed by atoms with van der Waals surface area (Å²) in [6.45, 7) is 2.62. The maximum atomic E-state index is 14.1. The molecule has 3 aromatic rings. The smallest absolute Gasteiger partial charge is 0.238 e. The lowest BCUT2D eigenvalue weighted by atomic mass is 9.69. The van der Waals surface area contributed by atoms with Crippen molar-refractivity contribution in [2.75, 3.05) is 12.0 Å². The number of carbonyl (C=O) groups is 1. The number of aryl methyl sites for hydroxylation is 1. The Morgan fingerprint density at radius 2 is 2.00 bits per heavy atom. The molecule has 166 valence electrons. The van der Waals surface area contributed by atoms with Crippen molar-refractivity contribution in [2.45, 2.75) is 43.8 Å². The van der Waals surface area contributed by atoms with E-state index >= 15 is 0 Å². The molecule has 0 radical (unpaired) electrons. The van der Waals surface area contributed by atoms with Crippen molar-refractivity contribution in [3.63, 3.8) is 0 Å². The van der Waals surface area contributed by atoms with Crippen molar-refractivity contribution < 1.29 is 9.53 Å². The number of anilines is 1. The Bertz CT molecular complexity index is 1160. The molecule has 1 fully saturated rings. The van der Waals surface area contributed by atoms with Crippen LogP contribution in [0.25, 0.3) is 0 Å². The number of fused-ring (bicyclic) bond motifs is 2.